The summed E-state index contributed by atoms with van der Waals surface area (Å²) in [6.07, 6.45) is 0. The maximum absolute atomic E-state index is 12.4. The van der Waals surface area contributed by atoms with Crippen LogP contribution in [-0.4, -0.2) is 48.0 Å². The van der Waals surface area contributed by atoms with Crippen molar-refractivity contribution in [3.63, 3.8) is 0 Å². The zero-order valence-corrected chi connectivity index (χ0v) is 16.9. The molecule has 1 aliphatic rings. The quantitative estimate of drug-likeness (QED) is 0.781. The lowest BCUT2D eigenvalue weighted by Crippen LogP contribution is -2.48. The first-order valence-electron chi connectivity index (χ1n) is 9.22. The summed E-state index contributed by atoms with van der Waals surface area (Å²) in [6.45, 7) is 6.46. The van der Waals surface area contributed by atoms with E-state index in [1.807, 2.05) is 48.2 Å². The Labute approximate surface area is 170 Å². The number of carbonyl (C=O) groups is 2. The van der Waals surface area contributed by atoms with Crippen molar-refractivity contribution in [3.8, 4) is 0 Å². The number of para-hydroxylation sites is 2. The maximum atomic E-state index is 12.4. The Morgan fingerprint density at radius 3 is 2.25 bits per heavy atom. The van der Waals surface area contributed by atoms with E-state index in [1.165, 1.54) is 0 Å². The Morgan fingerprint density at radius 2 is 1.61 bits per heavy atom. The molecule has 0 aliphatic carbocycles. The standard InChI is InChI=1S/C21H24N4O2S/c1-15-7-9-17(10-8-15)20(27)23-21(28)22-18-5-3-4-6-19(18)25-13-11-24(12-14-25)16(2)26/h3-10H,11-14H2,1-2H3,(H2,22,23,27,28). The Morgan fingerprint density at radius 1 is 0.964 bits per heavy atom. The van der Waals surface area contributed by atoms with Crippen molar-refractivity contribution in [2.24, 2.45) is 0 Å². The number of nitrogens with zero attached hydrogens (tertiary/aromatic N) is 2. The summed E-state index contributed by atoms with van der Waals surface area (Å²) < 4.78 is 0. The van der Waals surface area contributed by atoms with Gasteiger partial charge in [0, 0.05) is 38.7 Å². The smallest absolute Gasteiger partial charge is 0.257 e. The van der Waals surface area contributed by atoms with Crippen LogP contribution in [0, 0.1) is 6.92 Å². The molecule has 7 heteroatoms. The van der Waals surface area contributed by atoms with Crippen LogP contribution in [0.3, 0.4) is 0 Å². The molecule has 0 unspecified atom stereocenters. The molecule has 1 saturated heterocycles. The van der Waals surface area contributed by atoms with Gasteiger partial charge in [-0.25, -0.2) is 0 Å². The SMILES string of the molecule is CC(=O)N1CCN(c2ccccc2NC(=S)NC(=O)c2ccc(C)cc2)CC1. The highest BCUT2D eigenvalue weighted by Gasteiger charge is 2.20. The number of amides is 2. The molecule has 0 radical (unpaired) electrons. The predicted molar refractivity (Wildman–Crippen MR) is 116 cm³/mol. The fourth-order valence-corrected chi connectivity index (χ4v) is 3.35. The van der Waals surface area contributed by atoms with Gasteiger partial charge < -0.3 is 15.1 Å². The molecule has 28 heavy (non-hydrogen) atoms. The summed E-state index contributed by atoms with van der Waals surface area (Å²) in [5.74, 6) is -0.142. The van der Waals surface area contributed by atoms with Gasteiger partial charge in [0.15, 0.2) is 5.11 Å². The van der Waals surface area contributed by atoms with Crippen molar-refractivity contribution in [1.82, 2.24) is 10.2 Å². The van der Waals surface area contributed by atoms with Crippen molar-refractivity contribution in [3.05, 3.63) is 59.7 Å². The molecule has 0 aromatic heterocycles. The number of hydrogen-bond acceptors (Lipinski definition) is 4. The summed E-state index contributed by atoms with van der Waals surface area (Å²) >= 11 is 5.34. The minimum atomic E-state index is -0.245. The molecule has 2 amide bonds. The van der Waals surface area contributed by atoms with E-state index in [0.717, 1.165) is 30.0 Å². The second kappa shape index (κ2) is 8.84. The van der Waals surface area contributed by atoms with E-state index < -0.39 is 0 Å². The Bertz CT molecular complexity index is 874. The molecule has 0 spiro atoms. The van der Waals surface area contributed by atoms with Crippen molar-refractivity contribution >= 4 is 40.5 Å². The zero-order valence-electron chi connectivity index (χ0n) is 16.1. The van der Waals surface area contributed by atoms with Gasteiger partial charge in [0.1, 0.15) is 0 Å². The zero-order chi connectivity index (χ0) is 20.1. The molecule has 1 heterocycles. The molecule has 0 atom stereocenters. The van der Waals surface area contributed by atoms with Gasteiger partial charge in [-0.05, 0) is 43.4 Å². The summed E-state index contributed by atoms with van der Waals surface area (Å²) in [6, 6.07) is 15.1. The van der Waals surface area contributed by atoms with Gasteiger partial charge >= 0.3 is 0 Å². The highest BCUT2D eigenvalue weighted by molar-refractivity contribution is 7.80. The number of carbonyl (C=O) groups excluding carboxylic acids is 2. The lowest BCUT2D eigenvalue weighted by Gasteiger charge is -2.36. The van der Waals surface area contributed by atoms with Crippen LogP contribution in [0.15, 0.2) is 48.5 Å². The minimum Gasteiger partial charge on any atom is -0.366 e. The molecule has 3 rings (SSSR count). The first-order valence-corrected chi connectivity index (χ1v) is 9.63. The number of aryl methyl sites for hydroxylation is 1. The lowest BCUT2D eigenvalue weighted by atomic mass is 10.1. The third kappa shape index (κ3) is 4.86. The molecule has 1 fully saturated rings. The third-order valence-corrected chi connectivity index (χ3v) is 4.96. The largest absolute Gasteiger partial charge is 0.366 e. The predicted octanol–water partition coefficient (Wildman–Crippen LogP) is 2.79. The third-order valence-electron chi connectivity index (χ3n) is 4.76. The highest BCUT2D eigenvalue weighted by Crippen LogP contribution is 2.26. The minimum absolute atomic E-state index is 0.103. The Kier molecular flexibility index (Phi) is 6.26. The van der Waals surface area contributed by atoms with Crippen molar-refractivity contribution in [2.45, 2.75) is 13.8 Å². The van der Waals surface area contributed by atoms with Gasteiger partial charge in [-0.3, -0.25) is 14.9 Å². The summed E-state index contributed by atoms with van der Waals surface area (Å²) in [5, 5.41) is 6.11. The van der Waals surface area contributed by atoms with Crippen molar-refractivity contribution in [1.29, 1.82) is 0 Å². The van der Waals surface area contributed by atoms with Gasteiger partial charge in [0.2, 0.25) is 5.91 Å². The van der Waals surface area contributed by atoms with E-state index in [9.17, 15) is 9.59 Å². The normalized spacial score (nSPS) is 13.8. The second-order valence-electron chi connectivity index (χ2n) is 6.78. The van der Waals surface area contributed by atoms with E-state index in [4.69, 9.17) is 12.2 Å². The molecular weight excluding hydrogens is 372 g/mol. The van der Waals surface area contributed by atoms with Crippen LogP contribution in [0.1, 0.15) is 22.8 Å². The molecule has 1 aliphatic heterocycles. The fraction of sp³-hybridized carbons (Fsp3) is 0.286. The number of piperazine rings is 1. The van der Waals surface area contributed by atoms with Crippen LogP contribution >= 0.6 is 12.2 Å². The Hall–Kier alpha value is -2.93. The van der Waals surface area contributed by atoms with Crippen LogP contribution in [0.25, 0.3) is 0 Å². The van der Waals surface area contributed by atoms with Crippen LogP contribution < -0.4 is 15.5 Å². The van der Waals surface area contributed by atoms with Crippen LogP contribution in [0.5, 0.6) is 0 Å². The summed E-state index contributed by atoms with van der Waals surface area (Å²) in [4.78, 5) is 27.9. The summed E-state index contributed by atoms with van der Waals surface area (Å²) in [5.41, 5.74) is 3.48. The lowest BCUT2D eigenvalue weighted by molar-refractivity contribution is -0.129. The van der Waals surface area contributed by atoms with Gasteiger partial charge in [-0.1, -0.05) is 29.8 Å². The number of hydrogen-bond donors (Lipinski definition) is 2. The van der Waals surface area contributed by atoms with Crippen LogP contribution in [0.4, 0.5) is 11.4 Å². The second-order valence-corrected chi connectivity index (χ2v) is 7.19. The molecule has 0 saturated carbocycles. The highest BCUT2D eigenvalue weighted by atomic mass is 32.1. The average Bonchev–Trinajstić information content (AvgIpc) is 2.69. The number of rotatable bonds is 3. The molecule has 2 N–H and O–H groups in total. The molecule has 2 aromatic rings. The number of thiocarbonyl (C=S) groups is 1. The number of nitrogens with one attached hydrogen (secondary N) is 2. The van der Waals surface area contributed by atoms with Crippen molar-refractivity contribution < 1.29 is 9.59 Å². The molecular formula is C21H24N4O2S. The molecule has 2 aromatic carbocycles. The molecule has 146 valence electrons. The number of anilines is 2. The number of benzene rings is 2. The first-order chi connectivity index (χ1) is 13.4. The molecule has 6 nitrogen and oxygen atoms in total. The first kappa shape index (κ1) is 19.8. The average molecular weight is 397 g/mol. The van der Waals surface area contributed by atoms with Gasteiger partial charge in [0.05, 0.1) is 11.4 Å². The van der Waals surface area contributed by atoms with E-state index in [1.54, 1.807) is 19.1 Å². The van der Waals surface area contributed by atoms with E-state index in [0.29, 0.717) is 18.7 Å². The topological polar surface area (TPSA) is 64.7 Å². The monoisotopic (exact) mass is 396 g/mol. The van der Waals surface area contributed by atoms with Crippen LogP contribution in [-0.2, 0) is 4.79 Å². The van der Waals surface area contributed by atoms with Crippen LogP contribution in [0.2, 0.25) is 0 Å². The fourth-order valence-electron chi connectivity index (χ4n) is 3.15. The Balaban J connectivity index is 1.64. The van der Waals surface area contributed by atoms with E-state index in [-0.39, 0.29) is 16.9 Å². The maximum Gasteiger partial charge on any atom is 0.257 e. The van der Waals surface area contributed by atoms with E-state index >= 15 is 0 Å². The summed E-state index contributed by atoms with van der Waals surface area (Å²) in [7, 11) is 0. The molecule has 0 bridgehead atoms. The van der Waals surface area contributed by atoms with Gasteiger partial charge in [-0.2, -0.15) is 0 Å². The van der Waals surface area contributed by atoms with Gasteiger partial charge in [0.25, 0.3) is 5.91 Å². The van der Waals surface area contributed by atoms with E-state index in [2.05, 4.69) is 15.5 Å². The van der Waals surface area contributed by atoms with Crippen molar-refractivity contribution in [2.75, 3.05) is 36.4 Å². The van der Waals surface area contributed by atoms with Gasteiger partial charge in [-0.15, -0.1) is 0 Å².